The third kappa shape index (κ3) is 2.50. The Morgan fingerprint density at radius 3 is 2.29 bits per heavy atom. The van der Waals surface area contributed by atoms with E-state index in [9.17, 15) is 0 Å². The van der Waals surface area contributed by atoms with Crippen LogP contribution in [0.2, 0.25) is 0 Å². The molecule has 0 bridgehead atoms. The highest BCUT2D eigenvalue weighted by Crippen LogP contribution is 2.48. The van der Waals surface area contributed by atoms with E-state index in [0.717, 1.165) is 19.3 Å². The predicted molar refractivity (Wildman–Crippen MR) is 66.4 cm³/mol. The van der Waals surface area contributed by atoms with Gasteiger partial charge in [0.2, 0.25) is 0 Å². The molecule has 14 heavy (non-hydrogen) atoms. The number of hydrogen-bond donors (Lipinski definition) is 0. The van der Waals surface area contributed by atoms with Crippen molar-refractivity contribution in [3.8, 4) is 0 Å². The lowest BCUT2D eigenvalue weighted by Gasteiger charge is -2.44. The molecule has 0 aliphatic heterocycles. The van der Waals surface area contributed by atoms with Crippen LogP contribution in [0, 0.1) is 10.8 Å². The average molecular weight is 195 g/mol. The van der Waals surface area contributed by atoms with E-state index in [1.54, 1.807) is 0 Å². The van der Waals surface area contributed by atoms with Gasteiger partial charge in [0.05, 0.1) is 1.37 Å². The van der Waals surface area contributed by atoms with Crippen molar-refractivity contribution in [2.24, 2.45) is 10.8 Å². The molecule has 0 spiro atoms. The van der Waals surface area contributed by atoms with Crippen molar-refractivity contribution in [2.75, 3.05) is 0 Å². The molecule has 0 rings (SSSR count). The second kappa shape index (κ2) is 5.38. The molecule has 2 atom stereocenters. The molecule has 82 valence electrons. The van der Waals surface area contributed by atoms with Crippen molar-refractivity contribution in [1.29, 1.82) is 0 Å². The van der Waals surface area contributed by atoms with Crippen LogP contribution in [0.15, 0.2) is 24.8 Å². The first-order valence-corrected chi connectivity index (χ1v) is 5.67. The summed E-state index contributed by atoms with van der Waals surface area (Å²) in [4.78, 5) is 0. The van der Waals surface area contributed by atoms with Crippen LogP contribution in [-0.4, -0.2) is 0 Å². The average Bonchev–Trinajstić information content (AvgIpc) is 2.25. The molecule has 0 heteroatoms. The Kier molecular flexibility index (Phi) is 4.44. The van der Waals surface area contributed by atoms with Gasteiger partial charge in [-0.3, -0.25) is 0 Å². The SMILES string of the molecule is [2H]C=CCC(C)(CC)C(C)(C=CC)CC. The van der Waals surface area contributed by atoms with E-state index in [-0.39, 0.29) is 10.8 Å². The van der Waals surface area contributed by atoms with E-state index in [0.29, 0.717) is 0 Å². The maximum absolute atomic E-state index is 7.12. The van der Waals surface area contributed by atoms with Crippen molar-refractivity contribution in [1.82, 2.24) is 0 Å². The summed E-state index contributed by atoms with van der Waals surface area (Å²) in [6.07, 6.45) is 9.73. The molecule has 0 aliphatic rings. The maximum atomic E-state index is 7.12. The van der Waals surface area contributed by atoms with E-state index in [4.69, 9.17) is 1.37 Å². The first-order valence-electron chi connectivity index (χ1n) is 6.24. The molecule has 0 radical (unpaired) electrons. The van der Waals surface area contributed by atoms with Gasteiger partial charge in [0.1, 0.15) is 0 Å². The molecule has 2 unspecified atom stereocenters. The molecule has 0 aromatic heterocycles. The van der Waals surface area contributed by atoms with Crippen molar-refractivity contribution in [3.63, 3.8) is 0 Å². The van der Waals surface area contributed by atoms with Gasteiger partial charge in [-0.05, 0) is 37.0 Å². The summed E-state index contributed by atoms with van der Waals surface area (Å²) in [5.41, 5.74) is 0.488. The van der Waals surface area contributed by atoms with Crippen LogP contribution < -0.4 is 0 Å². The van der Waals surface area contributed by atoms with E-state index >= 15 is 0 Å². The highest BCUT2D eigenvalue weighted by molar-refractivity contribution is 5.06. The molecule has 0 aromatic rings. The van der Waals surface area contributed by atoms with Crippen molar-refractivity contribution < 1.29 is 1.37 Å². The molecule has 0 fully saturated rings. The maximum Gasteiger partial charge on any atom is 0.0534 e. The van der Waals surface area contributed by atoms with Gasteiger partial charge in [0.25, 0.3) is 0 Å². The van der Waals surface area contributed by atoms with Gasteiger partial charge in [-0.25, -0.2) is 0 Å². The van der Waals surface area contributed by atoms with Crippen molar-refractivity contribution in [3.05, 3.63) is 24.8 Å². The zero-order valence-corrected chi connectivity index (χ0v) is 10.4. The van der Waals surface area contributed by atoms with Crippen LogP contribution in [-0.2, 0) is 0 Å². The third-order valence-corrected chi connectivity index (χ3v) is 4.00. The lowest BCUT2D eigenvalue weighted by atomic mass is 9.61. The Hall–Kier alpha value is -0.520. The molecule has 0 saturated heterocycles. The summed E-state index contributed by atoms with van der Waals surface area (Å²) in [5.74, 6) is 0. The Balaban J connectivity index is 5.02. The molecule has 0 heterocycles. The predicted octanol–water partition coefficient (Wildman–Crippen LogP) is 4.97. The smallest absolute Gasteiger partial charge is 0.0534 e. The molecule has 0 aromatic carbocycles. The Bertz CT molecular complexity index is 229. The highest BCUT2D eigenvalue weighted by Gasteiger charge is 2.38. The minimum atomic E-state index is 0.232. The summed E-state index contributed by atoms with van der Waals surface area (Å²) < 4.78 is 7.12. The molecule has 0 aliphatic carbocycles. The quantitative estimate of drug-likeness (QED) is 0.525. The first kappa shape index (κ1) is 11.6. The summed E-state index contributed by atoms with van der Waals surface area (Å²) >= 11 is 0. The Labute approximate surface area is 91.5 Å². The fraction of sp³-hybridized carbons (Fsp3) is 0.714. The number of hydrogen-bond acceptors (Lipinski definition) is 0. The van der Waals surface area contributed by atoms with Crippen LogP contribution in [0.5, 0.6) is 0 Å². The van der Waals surface area contributed by atoms with Gasteiger partial charge in [0, 0.05) is 0 Å². The summed E-state index contributed by atoms with van der Waals surface area (Å²) in [6, 6.07) is 0. The van der Waals surface area contributed by atoms with Gasteiger partial charge < -0.3 is 0 Å². The molecule has 0 amide bonds. The second-order valence-corrected chi connectivity index (χ2v) is 4.63. The van der Waals surface area contributed by atoms with Crippen LogP contribution in [0.3, 0.4) is 0 Å². The third-order valence-electron chi connectivity index (χ3n) is 4.00. The lowest BCUT2D eigenvalue weighted by Crippen LogP contribution is -2.34. The van der Waals surface area contributed by atoms with Crippen LogP contribution >= 0.6 is 0 Å². The zero-order chi connectivity index (χ0) is 11.9. The largest absolute Gasteiger partial charge is 0.103 e. The molecule has 0 N–H and O–H groups in total. The van der Waals surface area contributed by atoms with Gasteiger partial charge in [-0.15, -0.1) is 6.55 Å². The molecule has 0 nitrogen and oxygen atoms in total. The van der Waals surface area contributed by atoms with Crippen molar-refractivity contribution >= 4 is 0 Å². The summed E-state index contributed by atoms with van der Waals surface area (Å²) in [7, 11) is 0. The number of allylic oxidation sites excluding steroid dienone is 3. The summed E-state index contributed by atoms with van der Waals surface area (Å²) in [5, 5.41) is 0. The van der Waals surface area contributed by atoms with Gasteiger partial charge in [-0.2, -0.15) is 0 Å². The van der Waals surface area contributed by atoms with Gasteiger partial charge >= 0.3 is 0 Å². The fourth-order valence-corrected chi connectivity index (χ4v) is 2.16. The summed E-state index contributed by atoms with van der Waals surface area (Å²) in [6.45, 7) is 12.7. The van der Waals surface area contributed by atoms with Crippen molar-refractivity contribution in [2.45, 2.75) is 53.9 Å². The van der Waals surface area contributed by atoms with E-state index in [1.165, 1.54) is 6.55 Å². The van der Waals surface area contributed by atoms with E-state index in [2.05, 4.69) is 46.8 Å². The zero-order valence-electron chi connectivity index (χ0n) is 11.4. The monoisotopic (exact) mass is 195 g/mol. The molecule has 0 saturated carbocycles. The molecular formula is C14H26. The first-order chi connectivity index (χ1) is 6.99. The molecular weight excluding hydrogens is 168 g/mol. The van der Waals surface area contributed by atoms with Crippen LogP contribution in [0.4, 0.5) is 0 Å². The van der Waals surface area contributed by atoms with E-state index < -0.39 is 0 Å². The van der Waals surface area contributed by atoms with Crippen LogP contribution in [0.1, 0.15) is 55.3 Å². The number of rotatable bonds is 6. The minimum Gasteiger partial charge on any atom is -0.103 e. The minimum absolute atomic E-state index is 0.232. The van der Waals surface area contributed by atoms with Gasteiger partial charge in [-0.1, -0.05) is 45.9 Å². The second-order valence-electron chi connectivity index (χ2n) is 4.63. The lowest BCUT2D eigenvalue weighted by molar-refractivity contribution is 0.112. The van der Waals surface area contributed by atoms with Gasteiger partial charge in [0.15, 0.2) is 0 Å². The topological polar surface area (TPSA) is 0 Å². The highest BCUT2D eigenvalue weighted by atomic mass is 14.4. The van der Waals surface area contributed by atoms with E-state index in [1.807, 2.05) is 6.08 Å². The standard InChI is InChI=1S/C14H26/c1-7-11-13(5,9-3)14(6,10-4)12-8-2/h7-8,12H,1,9-11H2,2-6H3/i1D. The fourth-order valence-electron chi connectivity index (χ4n) is 2.16. The Morgan fingerprint density at radius 1 is 1.29 bits per heavy atom. The normalized spacial score (nSPS) is 22.2. The van der Waals surface area contributed by atoms with Crippen LogP contribution in [0.25, 0.3) is 0 Å². The Morgan fingerprint density at radius 2 is 1.93 bits per heavy atom.